The van der Waals surface area contributed by atoms with Gasteiger partial charge in [-0.05, 0) is 25.7 Å². The number of rotatable bonds is 3. The highest BCUT2D eigenvalue weighted by Crippen LogP contribution is 2.24. The average Bonchev–Trinajstić information content (AvgIpc) is 2.89. The van der Waals surface area contributed by atoms with Gasteiger partial charge in [0, 0.05) is 32.2 Å². The Labute approximate surface area is 104 Å². The van der Waals surface area contributed by atoms with E-state index < -0.39 is 10.2 Å². The van der Waals surface area contributed by atoms with Crippen molar-refractivity contribution in [3.8, 4) is 0 Å². The van der Waals surface area contributed by atoms with Crippen molar-refractivity contribution in [1.29, 1.82) is 0 Å². The highest BCUT2D eigenvalue weighted by molar-refractivity contribution is 7.86. The van der Waals surface area contributed by atoms with Gasteiger partial charge in [-0.25, -0.2) is 0 Å². The van der Waals surface area contributed by atoms with Gasteiger partial charge in [0.1, 0.15) is 0 Å². The van der Waals surface area contributed by atoms with Crippen molar-refractivity contribution < 1.29 is 8.42 Å². The molecule has 96 valence electrons. The fraction of sp³-hybridized carbons (Fsp3) is 1.00. The van der Waals surface area contributed by atoms with Crippen molar-refractivity contribution in [2.24, 2.45) is 5.73 Å². The Morgan fingerprint density at radius 2 is 1.75 bits per heavy atom. The van der Waals surface area contributed by atoms with Crippen LogP contribution in [0.5, 0.6) is 0 Å². The molecular formula is C9H20ClN3O2S. The highest BCUT2D eigenvalue weighted by atomic mass is 35.5. The van der Waals surface area contributed by atoms with Gasteiger partial charge in [-0.15, -0.1) is 12.4 Å². The lowest BCUT2D eigenvalue weighted by atomic mass is 10.2. The maximum Gasteiger partial charge on any atom is 0.282 e. The molecule has 5 nitrogen and oxygen atoms in total. The van der Waals surface area contributed by atoms with E-state index in [1.165, 1.54) is 0 Å². The van der Waals surface area contributed by atoms with Gasteiger partial charge in [0.15, 0.2) is 0 Å². The van der Waals surface area contributed by atoms with Gasteiger partial charge in [0.25, 0.3) is 10.2 Å². The van der Waals surface area contributed by atoms with E-state index in [1.54, 1.807) is 8.61 Å². The maximum atomic E-state index is 12.2. The molecule has 2 heterocycles. The SMILES string of the molecule is Cl.NCC1CCCN1S(=O)(=O)N1CCCC1. The molecule has 0 aromatic heterocycles. The maximum absolute atomic E-state index is 12.2. The fourth-order valence-electron chi connectivity index (χ4n) is 2.42. The number of hydrogen-bond donors (Lipinski definition) is 1. The molecule has 2 fully saturated rings. The Bertz CT molecular complexity index is 317. The van der Waals surface area contributed by atoms with E-state index in [9.17, 15) is 8.42 Å². The number of nitrogens with two attached hydrogens (primary N) is 1. The molecule has 16 heavy (non-hydrogen) atoms. The lowest BCUT2D eigenvalue weighted by molar-refractivity contribution is 0.347. The van der Waals surface area contributed by atoms with Crippen LogP contribution in [0.3, 0.4) is 0 Å². The Hall–Kier alpha value is 0.120. The number of hydrogen-bond acceptors (Lipinski definition) is 3. The molecule has 2 aliphatic heterocycles. The first-order chi connectivity index (χ1) is 7.16. The van der Waals surface area contributed by atoms with Crippen LogP contribution in [0.25, 0.3) is 0 Å². The smallest absolute Gasteiger partial charge is 0.282 e. The van der Waals surface area contributed by atoms with Crippen molar-refractivity contribution in [3.63, 3.8) is 0 Å². The molecule has 7 heteroatoms. The zero-order chi connectivity index (χ0) is 10.9. The largest absolute Gasteiger partial charge is 0.329 e. The Balaban J connectivity index is 0.00000128. The van der Waals surface area contributed by atoms with Gasteiger partial charge >= 0.3 is 0 Å². The van der Waals surface area contributed by atoms with E-state index in [-0.39, 0.29) is 18.4 Å². The minimum absolute atomic E-state index is 0. The Morgan fingerprint density at radius 3 is 2.31 bits per heavy atom. The minimum Gasteiger partial charge on any atom is -0.329 e. The Kier molecular flexibility index (Phi) is 5.00. The van der Waals surface area contributed by atoms with E-state index in [1.807, 2.05) is 0 Å². The third-order valence-electron chi connectivity index (χ3n) is 3.28. The molecule has 0 aromatic carbocycles. The first-order valence-corrected chi connectivity index (χ1v) is 7.03. The summed E-state index contributed by atoms with van der Waals surface area (Å²) in [5.74, 6) is 0. The van der Waals surface area contributed by atoms with Crippen molar-refractivity contribution in [2.45, 2.75) is 31.7 Å². The zero-order valence-corrected chi connectivity index (χ0v) is 11.0. The van der Waals surface area contributed by atoms with Gasteiger partial charge in [-0.2, -0.15) is 17.0 Å². The molecule has 0 radical (unpaired) electrons. The molecule has 2 rings (SSSR count). The van der Waals surface area contributed by atoms with Crippen LogP contribution in [0, 0.1) is 0 Å². The first-order valence-electron chi connectivity index (χ1n) is 5.63. The second-order valence-corrected chi connectivity index (χ2v) is 6.14. The predicted octanol–water partition coefficient (Wildman–Crippen LogP) is 0.172. The van der Waals surface area contributed by atoms with E-state index in [0.717, 1.165) is 25.7 Å². The van der Waals surface area contributed by atoms with E-state index in [4.69, 9.17) is 5.73 Å². The van der Waals surface area contributed by atoms with Crippen molar-refractivity contribution >= 4 is 22.6 Å². The standard InChI is InChI=1S/C9H19N3O2S.ClH/c10-8-9-4-3-7-12(9)15(13,14)11-5-1-2-6-11;/h9H,1-8,10H2;1H. The number of nitrogens with zero attached hydrogens (tertiary/aromatic N) is 2. The van der Waals surface area contributed by atoms with Crippen molar-refractivity contribution in [3.05, 3.63) is 0 Å². The molecule has 1 unspecified atom stereocenters. The van der Waals surface area contributed by atoms with Crippen molar-refractivity contribution in [2.75, 3.05) is 26.2 Å². The first kappa shape index (κ1) is 14.2. The quantitative estimate of drug-likeness (QED) is 0.794. The summed E-state index contributed by atoms with van der Waals surface area (Å²) < 4.78 is 27.6. The Morgan fingerprint density at radius 1 is 1.12 bits per heavy atom. The van der Waals surface area contributed by atoms with Crippen LogP contribution in [-0.2, 0) is 10.2 Å². The van der Waals surface area contributed by atoms with Gasteiger partial charge < -0.3 is 5.73 Å². The van der Waals surface area contributed by atoms with Crippen LogP contribution in [0.15, 0.2) is 0 Å². The van der Waals surface area contributed by atoms with Gasteiger partial charge in [-0.3, -0.25) is 0 Å². The molecule has 0 saturated carbocycles. The second kappa shape index (κ2) is 5.64. The van der Waals surface area contributed by atoms with Crippen LogP contribution in [-0.4, -0.2) is 49.2 Å². The molecule has 2 saturated heterocycles. The van der Waals surface area contributed by atoms with E-state index in [0.29, 0.717) is 26.2 Å². The van der Waals surface area contributed by atoms with Gasteiger partial charge in [0.2, 0.25) is 0 Å². The normalized spacial score (nSPS) is 28.2. The summed E-state index contributed by atoms with van der Waals surface area (Å²) in [5, 5.41) is 0. The summed E-state index contributed by atoms with van der Waals surface area (Å²) in [6, 6.07) is 0.0237. The van der Waals surface area contributed by atoms with Crippen LogP contribution >= 0.6 is 12.4 Å². The lowest BCUT2D eigenvalue weighted by Gasteiger charge is -2.27. The zero-order valence-electron chi connectivity index (χ0n) is 9.34. The third kappa shape index (κ3) is 2.51. The summed E-state index contributed by atoms with van der Waals surface area (Å²) in [7, 11) is -3.21. The summed E-state index contributed by atoms with van der Waals surface area (Å²) in [6.45, 7) is 2.43. The van der Waals surface area contributed by atoms with Crippen LogP contribution in [0.2, 0.25) is 0 Å². The molecule has 1 atom stereocenters. The van der Waals surface area contributed by atoms with Gasteiger partial charge in [-0.1, -0.05) is 0 Å². The molecule has 2 N–H and O–H groups in total. The summed E-state index contributed by atoms with van der Waals surface area (Å²) in [5.41, 5.74) is 5.59. The van der Waals surface area contributed by atoms with E-state index in [2.05, 4.69) is 0 Å². The van der Waals surface area contributed by atoms with Gasteiger partial charge in [0.05, 0.1) is 0 Å². The number of halogens is 1. The topological polar surface area (TPSA) is 66.6 Å². The molecule has 0 bridgehead atoms. The molecule has 0 aromatic rings. The molecule has 0 amide bonds. The second-order valence-electron chi connectivity index (χ2n) is 4.26. The fourth-order valence-corrected chi connectivity index (χ4v) is 4.36. The summed E-state index contributed by atoms with van der Waals surface area (Å²) in [4.78, 5) is 0. The summed E-state index contributed by atoms with van der Waals surface area (Å²) >= 11 is 0. The molecular weight excluding hydrogens is 250 g/mol. The minimum atomic E-state index is -3.21. The molecule has 0 aliphatic carbocycles. The molecule has 2 aliphatic rings. The van der Waals surface area contributed by atoms with Crippen LogP contribution in [0.1, 0.15) is 25.7 Å². The van der Waals surface area contributed by atoms with Crippen LogP contribution < -0.4 is 5.73 Å². The van der Waals surface area contributed by atoms with Crippen LogP contribution in [0.4, 0.5) is 0 Å². The average molecular weight is 270 g/mol. The summed E-state index contributed by atoms with van der Waals surface area (Å²) in [6.07, 6.45) is 3.82. The van der Waals surface area contributed by atoms with E-state index >= 15 is 0 Å². The highest BCUT2D eigenvalue weighted by Gasteiger charge is 2.38. The monoisotopic (exact) mass is 269 g/mol. The van der Waals surface area contributed by atoms with Crippen molar-refractivity contribution in [1.82, 2.24) is 8.61 Å². The third-order valence-corrected chi connectivity index (χ3v) is 5.37. The lowest BCUT2D eigenvalue weighted by Crippen LogP contribution is -2.47. The molecule has 0 spiro atoms. The predicted molar refractivity (Wildman–Crippen MR) is 65.8 cm³/mol.